The first-order valence-corrected chi connectivity index (χ1v) is 8.32. The summed E-state index contributed by atoms with van der Waals surface area (Å²) in [7, 11) is 2.15. The van der Waals surface area contributed by atoms with E-state index >= 15 is 0 Å². The van der Waals surface area contributed by atoms with Crippen LogP contribution in [0.15, 0.2) is 30.3 Å². The summed E-state index contributed by atoms with van der Waals surface area (Å²) >= 11 is 0. The maximum Gasteiger partial charge on any atom is 0.0630 e. The van der Waals surface area contributed by atoms with Crippen LogP contribution in [0.2, 0.25) is 0 Å². The molecule has 0 radical (unpaired) electrons. The van der Waals surface area contributed by atoms with Gasteiger partial charge >= 0.3 is 0 Å². The summed E-state index contributed by atoms with van der Waals surface area (Å²) in [5.41, 5.74) is 1.66. The number of fused-ring (bicyclic) bond motifs is 2. The average Bonchev–Trinajstić information content (AvgIpc) is 2.78. The molecule has 2 heteroatoms. The van der Waals surface area contributed by atoms with Crippen molar-refractivity contribution in [1.82, 2.24) is 0 Å². The Kier molecular flexibility index (Phi) is 3.56. The Hall–Kier alpha value is -1.02. The number of hydrogen-bond acceptors (Lipinski definition) is 2. The lowest BCUT2D eigenvalue weighted by Gasteiger charge is -2.37. The Bertz CT molecular complexity index is 498. The lowest BCUT2D eigenvalue weighted by atomic mass is 9.70. The molecule has 3 rings (SSSR count). The Balaban J connectivity index is 1.67. The van der Waals surface area contributed by atoms with E-state index in [9.17, 15) is 5.11 Å². The van der Waals surface area contributed by atoms with Crippen LogP contribution < -0.4 is 4.90 Å². The van der Waals surface area contributed by atoms with Crippen LogP contribution in [-0.2, 0) is 0 Å². The highest BCUT2D eigenvalue weighted by atomic mass is 16.3. The molecule has 0 aliphatic heterocycles. The predicted octanol–water partition coefficient (Wildman–Crippen LogP) is 3.95. The molecule has 2 aliphatic rings. The predicted molar refractivity (Wildman–Crippen MR) is 88.4 cm³/mol. The van der Waals surface area contributed by atoms with Gasteiger partial charge in [0.05, 0.1) is 6.10 Å². The smallest absolute Gasteiger partial charge is 0.0630 e. The molecule has 0 saturated heterocycles. The van der Waals surface area contributed by atoms with E-state index in [1.165, 1.54) is 18.5 Å². The highest BCUT2D eigenvalue weighted by Gasteiger charge is 2.65. The van der Waals surface area contributed by atoms with E-state index in [1.54, 1.807) is 0 Å². The van der Waals surface area contributed by atoms with Gasteiger partial charge in [0.2, 0.25) is 0 Å². The molecule has 1 aromatic carbocycles. The van der Waals surface area contributed by atoms with E-state index in [4.69, 9.17) is 0 Å². The van der Waals surface area contributed by atoms with Gasteiger partial charge in [0.1, 0.15) is 0 Å². The van der Waals surface area contributed by atoms with Crippen molar-refractivity contribution in [3.05, 3.63) is 30.3 Å². The number of aliphatic hydroxyl groups is 1. The molecule has 1 N–H and O–H groups in total. The van der Waals surface area contributed by atoms with Crippen LogP contribution in [-0.4, -0.2) is 24.8 Å². The van der Waals surface area contributed by atoms with Gasteiger partial charge in [-0.05, 0) is 54.1 Å². The third-order valence-electron chi connectivity index (χ3n) is 6.94. The summed E-state index contributed by atoms with van der Waals surface area (Å²) in [5.74, 6) is 1.14. The van der Waals surface area contributed by atoms with Gasteiger partial charge in [-0.25, -0.2) is 0 Å². The first-order valence-electron chi connectivity index (χ1n) is 8.32. The lowest BCUT2D eigenvalue weighted by Crippen LogP contribution is -2.38. The van der Waals surface area contributed by atoms with Crippen molar-refractivity contribution in [3.8, 4) is 0 Å². The van der Waals surface area contributed by atoms with E-state index in [-0.39, 0.29) is 16.9 Å². The molecule has 0 spiro atoms. The van der Waals surface area contributed by atoms with Crippen molar-refractivity contribution < 1.29 is 5.11 Å². The first-order chi connectivity index (χ1) is 9.88. The second-order valence-corrected chi connectivity index (χ2v) is 7.94. The van der Waals surface area contributed by atoms with Gasteiger partial charge in [-0.1, -0.05) is 39.0 Å². The molecule has 0 amide bonds. The Morgan fingerprint density at radius 1 is 1.19 bits per heavy atom. The second-order valence-electron chi connectivity index (χ2n) is 7.94. The number of aliphatic hydroxyl groups excluding tert-OH is 1. The van der Waals surface area contributed by atoms with Crippen molar-refractivity contribution in [2.75, 3.05) is 18.5 Å². The normalized spacial score (nSPS) is 36.9. The quantitative estimate of drug-likeness (QED) is 0.906. The minimum Gasteiger partial charge on any atom is -0.392 e. The molecular formula is C19H29NO. The summed E-state index contributed by atoms with van der Waals surface area (Å²) < 4.78 is 0. The van der Waals surface area contributed by atoms with Crippen LogP contribution in [0.3, 0.4) is 0 Å². The van der Waals surface area contributed by atoms with Crippen LogP contribution in [0.4, 0.5) is 5.69 Å². The van der Waals surface area contributed by atoms with Crippen LogP contribution >= 0.6 is 0 Å². The number of rotatable bonds is 4. The number of para-hydroxylation sites is 1. The molecule has 2 fully saturated rings. The van der Waals surface area contributed by atoms with Gasteiger partial charge < -0.3 is 10.0 Å². The molecule has 2 bridgehead atoms. The van der Waals surface area contributed by atoms with E-state index in [0.717, 1.165) is 13.0 Å². The topological polar surface area (TPSA) is 23.5 Å². The number of benzene rings is 1. The zero-order chi connectivity index (χ0) is 15.3. The van der Waals surface area contributed by atoms with E-state index in [2.05, 4.69) is 63.1 Å². The molecular weight excluding hydrogens is 258 g/mol. The first kappa shape index (κ1) is 14.9. The number of anilines is 1. The molecule has 2 nitrogen and oxygen atoms in total. The van der Waals surface area contributed by atoms with Crippen molar-refractivity contribution in [2.24, 2.45) is 22.7 Å². The molecule has 1 aromatic rings. The summed E-state index contributed by atoms with van der Waals surface area (Å²) in [6.45, 7) is 8.07. The fourth-order valence-electron chi connectivity index (χ4n) is 5.05. The lowest BCUT2D eigenvalue weighted by molar-refractivity contribution is -0.0116. The third kappa shape index (κ3) is 2.11. The van der Waals surface area contributed by atoms with Gasteiger partial charge in [0.25, 0.3) is 0 Å². The zero-order valence-electron chi connectivity index (χ0n) is 13.8. The second kappa shape index (κ2) is 5.01. The van der Waals surface area contributed by atoms with Gasteiger partial charge in [0.15, 0.2) is 0 Å². The largest absolute Gasteiger partial charge is 0.392 e. The molecule has 2 aliphatic carbocycles. The average molecular weight is 287 g/mol. The van der Waals surface area contributed by atoms with Gasteiger partial charge in [0, 0.05) is 19.3 Å². The van der Waals surface area contributed by atoms with Crippen molar-refractivity contribution in [3.63, 3.8) is 0 Å². The van der Waals surface area contributed by atoms with Crippen molar-refractivity contribution >= 4 is 5.69 Å². The minimum absolute atomic E-state index is 0.119. The summed E-state index contributed by atoms with van der Waals surface area (Å²) in [5, 5.41) is 10.8. The fraction of sp³-hybridized carbons (Fsp3) is 0.684. The minimum atomic E-state index is -0.129. The molecule has 2 saturated carbocycles. The Morgan fingerprint density at radius 2 is 1.86 bits per heavy atom. The summed E-state index contributed by atoms with van der Waals surface area (Å²) in [6.07, 6.45) is 3.45. The molecule has 0 aromatic heterocycles. The maximum absolute atomic E-state index is 10.8. The van der Waals surface area contributed by atoms with Crippen LogP contribution in [0, 0.1) is 22.7 Å². The van der Waals surface area contributed by atoms with E-state index in [1.807, 2.05) is 0 Å². The van der Waals surface area contributed by atoms with Crippen molar-refractivity contribution in [1.29, 1.82) is 0 Å². The highest BCUT2D eigenvalue weighted by molar-refractivity contribution is 5.44. The molecule has 116 valence electrons. The monoisotopic (exact) mass is 287 g/mol. The van der Waals surface area contributed by atoms with Crippen LogP contribution in [0.1, 0.15) is 40.0 Å². The Labute approximate surface area is 129 Å². The van der Waals surface area contributed by atoms with E-state index in [0.29, 0.717) is 11.8 Å². The third-order valence-corrected chi connectivity index (χ3v) is 6.94. The van der Waals surface area contributed by atoms with Crippen LogP contribution in [0.25, 0.3) is 0 Å². The standard InChI is InChI=1S/C19H29NO/c1-18(2)16-10-12-19(18,3)17(21)15(16)11-13-20(4)14-8-6-5-7-9-14/h5-9,15-17,21H,10-13H2,1-4H3/t15-,16-,17-,19+/m1/s1. The molecule has 0 heterocycles. The van der Waals surface area contributed by atoms with Crippen molar-refractivity contribution in [2.45, 2.75) is 46.1 Å². The SMILES string of the molecule is CN(CC[C@@H]1[C@H]2CC[C@@](C)([C@@H]1O)C2(C)C)c1ccccc1. The number of hydrogen-bond donors (Lipinski definition) is 1. The van der Waals surface area contributed by atoms with Gasteiger partial charge in [-0.2, -0.15) is 0 Å². The fourth-order valence-corrected chi connectivity index (χ4v) is 5.05. The van der Waals surface area contributed by atoms with Gasteiger partial charge in [-0.15, -0.1) is 0 Å². The summed E-state index contributed by atoms with van der Waals surface area (Å²) in [6, 6.07) is 10.5. The highest BCUT2D eigenvalue weighted by Crippen LogP contribution is 2.68. The zero-order valence-corrected chi connectivity index (χ0v) is 13.8. The number of nitrogens with zero attached hydrogens (tertiary/aromatic N) is 1. The maximum atomic E-state index is 10.8. The van der Waals surface area contributed by atoms with Gasteiger partial charge in [-0.3, -0.25) is 0 Å². The summed E-state index contributed by atoms with van der Waals surface area (Å²) in [4.78, 5) is 2.31. The van der Waals surface area contributed by atoms with Crippen LogP contribution in [0.5, 0.6) is 0 Å². The molecule has 4 atom stereocenters. The van der Waals surface area contributed by atoms with E-state index < -0.39 is 0 Å². The molecule has 21 heavy (non-hydrogen) atoms. The Morgan fingerprint density at radius 3 is 2.43 bits per heavy atom. The molecule has 0 unspecified atom stereocenters.